The highest BCUT2D eigenvalue weighted by Crippen LogP contribution is 2.17. The molecule has 1 aliphatic heterocycles. The third kappa shape index (κ3) is 4.46. The van der Waals surface area contributed by atoms with Crippen LogP contribution in [0.1, 0.15) is 26.7 Å². The van der Waals surface area contributed by atoms with Gasteiger partial charge in [0, 0.05) is 24.4 Å². The van der Waals surface area contributed by atoms with Crippen molar-refractivity contribution in [1.29, 1.82) is 0 Å². The number of thioether (sulfide) groups is 1. The Morgan fingerprint density at radius 3 is 2.76 bits per heavy atom. The molecule has 0 saturated carbocycles. The number of carbonyl (C=O) groups is 2. The molecule has 0 bridgehead atoms. The highest BCUT2D eigenvalue weighted by atomic mass is 32.2. The van der Waals surface area contributed by atoms with Crippen molar-refractivity contribution in [2.24, 2.45) is 0 Å². The van der Waals surface area contributed by atoms with E-state index in [1.54, 1.807) is 11.8 Å². The van der Waals surface area contributed by atoms with Crippen LogP contribution >= 0.6 is 11.8 Å². The maximum absolute atomic E-state index is 12.0. The number of aliphatic carboxylic acids is 1. The van der Waals surface area contributed by atoms with Crippen LogP contribution < -0.4 is 5.32 Å². The molecule has 5 nitrogen and oxygen atoms in total. The average molecular weight is 260 g/mol. The standard InChI is InChI=1S/C11H20N2O3S/c1-3-13(8(2)6-10(14)15)11(16)12-9-4-5-17-7-9/h8-9H,3-7H2,1-2H3,(H,12,16)(H,14,15). The van der Waals surface area contributed by atoms with Crippen LogP contribution in [0.2, 0.25) is 0 Å². The molecule has 0 aliphatic carbocycles. The van der Waals surface area contributed by atoms with Gasteiger partial charge in [-0.1, -0.05) is 0 Å². The number of carboxylic acid groups (broad SMARTS) is 1. The number of carboxylic acids is 1. The van der Waals surface area contributed by atoms with Gasteiger partial charge in [0.25, 0.3) is 0 Å². The van der Waals surface area contributed by atoms with Gasteiger partial charge in [0.1, 0.15) is 0 Å². The normalized spacial score (nSPS) is 20.9. The molecule has 0 radical (unpaired) electrons. The minimum atomic E-state index is -0.875. The first-order valence-corrected chi connectivity index (χ1v) is 7.06. The second-order valence-electron chi connectivity index (χ2n) is 4.24. The van der Waals surface area contributed by atoms with Crippen molar-refractivity contribution in [2.45, 2.75) is 38.8 Å². The summed E-state index contributed by atoms with van der Waals surface area (Å²) in [6.07, 6.45) is 0.988. The number of hydrogen-bond donors (Lipinski definition) is 2. The zero-order valence-corrected chi connectivity index (χ0v) is 11.1. The summed E-state index contributed by atoms with van der Waals surface area (Å²) < 4.78 is 0. The molecular formula is C11H20N2O3S. The number of urea groups is 1. The van der Waals surface area contributed by atoms with E-state index in [4.69, 9.17) is 5.11 Å². The van der Waals surface area contributed by atoms with Gasteiger partial charge in [-0.05, 0) is 26.0 Å². The van der Waals surface area contributed by atoms with Crippen molar-refractivity contribution in [1.82, 2.24) is 10.2 Å². The van der Waals surface area contributed by atoms with Crippen molar-refractivity contribution in [3.8, 4) is 0 Å². The summed E-state index contributed by atoms with van der Waals surface area (Å²) in [6, 6.07) is -0.182. The highest BCUT2D eigenvalue weighted by Gasteiger charge is 2.24. The number of hydrogen-bond acceptors (Lipinski definition) is 3. The van der Waals surface area contributed by atoms with Crippen molar-refractivity contribution >= 4 is 23.8 Å². The molecule has 17 heavy (non-hydrogen) atoms. The molecule has 2 N–H and O–H groups in total. The largest absolute Gasteiger partial charge is 0.481 e. The Labute approximate surface area is 106 Å². The lowest BCUT2D eigenvalue weighted by Crippen LogP contribution is -2.49. The summed E-state index contributed by atoms with van der Waals surface area (Å²) in [4.78, 5) is 24.2. The lowest BCUT2D eigenvalue weighted by atomic mass is 10.2. The van der Waals surface area contributed by atoms with Crippen LogP contribution in [-0.2, 0) is 4.79 Å². The van der Waals surface area contributed by atoms with Gasteiger partial charge < -0.3 is 15.3 Å². The first-order chi connectivity index (χ1) is 8.04. The topological polar surface area (TPSA) is 69.6 Å². The zero-order chi connectivity index (χ0) is 12.8. The van der Waals surface area contributed by atoms with Crippen LogP contribution in [0.15, 0.2) is 0 Å². The molecule has 0 spiro atoms. The van der Waals surface area contributed by atoms with Crippen LogP contribution in [0.3, 0.4) is 0 Å². The molecule has 2 atom stereocenters. The van der Waals surface area contributed by atoms with Gasteiger partial charge in [-0.2, -0.15) is 11.8 Å². The Kier molecular flexibility index (Phi) is 5.61. The molecule has 1 saturated heterocycles. The molecule has 6 heteroatoms. The fraction of sp³-hybridized carbons (Fsp3) is 0.818. The number of amides is 2. The molecule has 0 aromatic carbocycles. The van der Waals surface area contributed by atoms with Gasteiger partial charge in [-0.15, -0.1) is 0 Å². The fourth-order valence-corrected chi connectivity index (χ4v) is 3.08. The van der Waals surface area contributed by atoms with Gasteiger partial charge in [0.2, 0.25) is 0 Å². The summed E-state index contributed by atoms with van der Waals surface area (Å²) in [6.45, 7) is 4.15. The van der Waals surface area contributed by atoms with Crippen LogP contribution in [0.25, 0.3) is 0 Å². The number of nitrogens with one attached hydrogen (secondary N) is 1. The first kappa shape index (κ1) is 14.2. The van der Waals surface area contributed by atoms with Gasteiger partial charge in [-0.3, -0.25) is 4.79 Å². The van der Waals surface area contributed by atoms with Gasteiger partial charge in [0.15, 0.2) is 0 Å². The van der Waals surface area contributed by atoms with E-state index < -0.39 is 5.97 Å². The van der Waals surface area contributed by atoms with Crippen LogP contribution in [-0.4, -0.2) is 52.1 Å². The van der Waals surface area contributed by atoms with E-state index in [1.807, 2.05) is 18.7 Å². The van der Waals surface area contributed by atoms with Crippen LogP contribution in [0.5, 0.6) is 0 Å². The zero-order valence-electron chi connectivity index (χ0n) is 10.3. The minimum absolute atomic E-state index is 0.0132. The number of carbonyl (C=O) groups excluding carboxylic acids is 1. The highest BCUT2D eigenvalue weighted by molar-refractivity contribution is 7.99. The van der Waals surface area contributed by atoms with Crippen molar-refractivity contribution in [3.63, 3.8) is 0 Å². The maximum atomic E-state index is 12.0. The molecule has 1 heterocycles. The molecule has 0 aromatic rings. The Hall–Kier alpha value is -0.910. The average Bonchev–Trinajstić information content (AvgIpc) is 2.70. The summed E-state index contributed by atoms with van der Waals surface area (Å²) in [5, 5.41) is 11.7. The van der Waals surface area contributed by atoms with Crippen molar-refractivity contribution in [2.75, 3.05) is 18.1 Å². The molecule has 0 aromatic heterocycles. The van der Waals surface area contributed by atoms with E-state index in [0.29, 0.717) is 6.54 Å². The molecule has 1 fully saturated rings. The second-order valence-corrected chi connectivity index (χ2v) is 5.39. The second kappa shape index (κ2) is 6.74. The van der Waals surface area contributed by atoms with Gasteiger partial charge >= 0.3 is 12.0 Å². The Morgan fingerprint density at radius 2 is 2.29 bits per heavy atom. The first-order valence-electron chi connectivity index (χ1n) is 5.91. The van der Waals surface area contributed by atoms with E-state index in [9.17, 15) is 9.59 Å². The predicted octanol–water partition coefficient (Wildman–Crippen LogP) is 1.39. The van der Waals surface area contributed by atoms with E-state index >= 15 is 0 Å². The number of rotatable bonds is 5. The predicted molar refractivity (Wildman–Crippen MR) is 68.4 cm³/mol. The molecule has 2 amide bonds. The maximum Gasteiger partial charge on any atom is 0.317 e. The fourth-order valence-electron chi connectivity index (χ4n) is 1.92. The van der Waals surface area contributed by atoms with Crippen molar-refractivity contribution < 1.29 is 14.7 Å². The molecule has 2 unspecified atom stereocenters. The monoisotopic (exact) mass is 260 g/mol. The van der Waals surface area contributed by atoms with Crippen LogP contribution in [0, 0.1) is 0 Å². The third-order valence-corrected chi connectivity index (χ3v) is 4.02. The summed E-state index contributed by atoms with van der Waals surface area (Å²) in [7, 11) is 0. The quantitative estimate of drug-likeness (QED) is 0.783. The number of nitrogens with zero attached hydrogens (tertiary/aromatic N) is 1. The van der Waals surface area contributed by atoms with Crippen LogP contribution in [0.4, 0.5) is 4.79 Å². The molecule has 1 rings (SSSR count). The van der Waals surface area contributed by atoms with E-state index in [0.717, 1.165) is 17.9 Å². The summed E-state index contributed by atoms with van der Waals surface area (Å²) in [5.74, 6) is 1.17. The molecular weight excluding hydrogens is 240 g/mol. The smallest absolute Gasteiger partial charge is 0.317 e. The van der Waals surface area contributed by atoms with Crippen molar-refractivity contribution in [3.05, 3.63) is 0 Å². The summed E-state index contributed by atoms with van der Waals surface area (Å²) >= 11 is 1.84. The van der Waals surface area contributed by atoms with E-state index in [1.165, 1.54) is 0 Å². The summed E-state index contributed by atoms with van der Waals surface area (Å²) in [5.41, 5.74) is 0. The molecule has 1 aliphatic rings. The Bertz CT molecular complexity index is 280. The Morgan fingerprint density at radius 1 is 1.59 bits per heavy atom. The van der Waals surface area contributed by atoms with E-state index in [-0.39, 0.29) is 24.5 Å². The Balaban J connectivity index is 2.47. The lowest BCUT2D eigenvalue weighted by Gasteiger charge is -2.28. The SMILES string of the molecule is CCN(C(=O)NC1CCSC1)C(C)CC(=O)O. The van der Waals surface area contributed by atoms with Gasteiger partial charge in [-0.25, -0.2) is 4.79 Å². The minimum Gasteiger partial charge on any atom is -0.481 e. The lowest BCUT2D eigenvalue weighted by molar-refractivity contribution is -0.138. The third-order valence-electron chi connectivity index (χ3n) is 2.86. The molecule has 98 valence electrons. The van der Waals surface area contributed by atoms with Gasteiger partial charge in [0.05, 0.1) is 6.42 Å². The van der Waals surface area contributed by atoms with E-state index in [2.05, 4.69) is 5.32 Å².